The van der Waals surface area contributed by atoms with Crippen LogP contribution in [0.15, 0.2) is 18.2 Å². The van der Waals surface area contributed by atoms with Gasteiger partial charge < -0.3 is 15.4 Å². The molecule has 0 aliphatic rings. The van der Waals surface area contributed by atoms with Gasteiger partial charge in [0.2, 0.25) is 0 Å². The maximum atomic E-state index is 12.2. The molecule has 1 amide bonds. The Kier molecular flexibility index (Phi) is 5.63. The molecule has 0 aliphatic heterocycles. The van der Waals surface area contributed by atoms with Crippen molar-refractivity contribution in [3.8, 4) is 0 Å². The van der Waals surface area contributed by atoms with E-state index in [1.54, 1.807) is 26.0 Å². The molecule has 1 aromatic carbocycles. The Balaban J connectivity index is 2.86. The minimum atomic E-state index is -0.440. The topological polar surface area (TPSA) is 72.6 Å². The van der Waals surface area contributed by atoms with Gasteiger partial charge in [-0.15, -0.1) is 0 Å². The molecule has 104 valence electrons. The normalized spacial score (nSPS) is 10.1. The molecule has 0 radical (unpaired) electrons. The number of carbonyl (C=O) groups is 2. The predicted molar refractivity (Wildman–Crippen MR) is 74.1 cm³/mol. The van der Waals surface area contributed by atoms with Gasteiger partial charge in [-0.05, 0) is 32.0 Å². The molecular formula is C13H17ClN2O3. The van der Waals surface area contributed by atoms with Gasteiger partial charge in [-0.1, -0.05) is 11.6 Å². The van der Waals surface area contributed by atoms with Crippen LogP contribution in [0.3, 0.4) is 0 Å². The Bertz CT molecular complexity index is 477. The van der Waals surface area contributed by atoms with E-state index in [-0.39, 0.29) is 19.1 Å². The highest BCUT2D eigenvalue weighted by Crippen LogP contribution is 2.19. The number of rotatable bonds is 5. The lowest BCUT2D eigenvalue weighted by Crippen LogP contribution is -2.36. The first-order valence-corrected chi connectivity index (χ1v) is 6.37. The van der Waals surface area contributed by atoms with Crippen molar-refractivity contribution in [3.05, 3.63) is 28.8 Å². The number of halogens is 1. The minimum Gasteiger partial charge on any atom is -0.465 e. The van der Waals surface area contributed by atoms with E-state index in [0.717, 1.165) is 0 Å². The van der Waals surface area contributed by atoms with Crippen molar-refractivity contribution in [3.63, 3.8) is 0 Å². The first-order valence-electron chi connectivity index (χ1n) is 5.99. The van der Waals surface area contributed by atoms with Gasteiger partial charge in [0, 0.05) is 17.3 Å². The van der Waals surface area contributed by atoms with Crippen LogP contribution in [0.1, 0.15) is 24.2 Å². The zero-order valence-corrected chi connectivity index (χ0v) is 11.7. The molecule has 19 heavy (non-hydrogen) atoms. The highest BCUT2D eigenvalue weighted by molar-refractivity contribution is 6.31. The Labute approximate surface area is 117 Å². The summed E-state index contributed by atoms with van der Waals surface area (Å²) in [7, 11) is 0. The molecule has 5 nitrogen and oxygen atoms in total. The first kappa shape index (κ1) is 15.3. The summed E-state index contributed by atoms with van der Waals surface area (Å²) in [4.78, 5) is 25.0. The van der Waals surface area contributed by atoms with Crippen LogP contribution < -0.4 is 5.73 Å². The van der Waals surface area contributed by atoms with Crippen molar-refractivity contribution in [2.75, 3.05) is 25.4 Å². The fourth-order valence-electron chi connectivity index (χ4n) is 1.59. The molecule has 1 rings (SSSR count). The quantitative estimate of drug-likeness (QED) is 0.662. The Morgan fingerprint density at radius 1 is 1.37 bits per heavy atom. The Morgan fingerprint density at radius 2 is 2.05 bits per heavy atom. The predicted octanol–water partition coefficient (Wildman–Crippen LogP) is 1.95. The molecule has 0 saturated heterocycles. The number of amides is 1. The summed E-state index contributed by atoms with van der Waals surface area (Å²) in [6.07, 6.45) is 0. The van der Waals surface area contributed by atoms with Crippen LogP contribution in [0.2, 0.25) is 5.02 Å². The number of ether oxygens (including phenoxy) is 1. The summed E-state index contributed by atoms with van der Waals surface area (Å²) in [6, 6.07) is 4.64. The number of nitrogen functional groups attached to an aromatic ring is 1. The largest absolute Gasteiger partial charge is 0.465 e. The Hall–Kier alpha value is -1.75. The van der Waals surface area contributed by atoms with Crippen LogP contribution in [-0.2, 0) is 9.53 Å². The van der Waals surface area contributed by atoms with E-state index in [9.17, 15) is 9.59 Å². The second kappa shape index (κ2) is 6.99. The fourth-order valence-corrected chi connectivity index (χ4v) is 1.77. The van der Waals surface area contributed by atoms with Crippen LogP contribution in [-0.4, -0.2) is 36.5 Å². The molecule has 0 atom stereocenters. The van der Waals surface area contributed by atoms with Crippen molar-refractivity contribution < 1.29 is 14.3 Å². The molecule has 0 saturated carbocycles. The third kappa shape index (κ3) is 4.13. The zero-order chi connectivity index (χ0) is 14.4. The SMILES string of the molecule is CCOC(=O)CN(CC)C(=O)c1ccc(Cl)cc1N. The van der Waals surface area contributed by atoms with Gasteiger partial charge in [-0.25, -0.2) is 0 Å². The number of esters is 1. The molecule has 0 heterocycles. The Morgan fingerprint density at radius 3 is 2.58 bits per heavy atom. The summed E-state index contributed by atoms with van der Waals surface area (Å²) in [5, 5.41) is 0.461. The van der Waals surface area contributed by atoms with E-state index in [0.29, 0.717) is 22.8 Å². The van der Waals surface area contributed by atoms with Crippen LogP contribution in [0, 0.1) is 0 Å². The van der Waals surface area contributed by atoms with E-state index in [1.165, 1.54) is 11.0 Å². The van der Waals surface area contributed by atoms with Gasteiger partial charge in [0.25, 0.3) is 5.91 Å². The lowest BCUT2D eigenvalue weighted by molar-refractivity contribution is -0.143. The molecule has 0 fully saturated rings. The second-order valence-electron chi connectivity index (χ2n) is 3.86. The van der Waals surface area contributed by atoms with Gasteiger partial charge in [-0.2, -0.15) is 0 Å². The number of hydrogen-bond acceptors (Lipinski definition) is 4. The van der Waals surface area contributed by atoms with Crippen molar-refractivity contribution >= 4 is 29.2 Å². The average molecular weight is 285 g/mol. The average Bonchev–Trinajstić information content (AvgIpc) is 2.35. The maximum Gasteiger partial charge on any atom is 0.325 e. The number of likely N-dealkylation sites (N-methyl/N-ethyl adjacent to an activating group) is 1. The number of carbonyl (C=O) groups excluding carboxylic acids is 2. The fraction of sp³-hybridized carbons (Fsp3) is 0.385. The third-order valence-electron chi connectivity index (χ3n) is 2.54. The van der Waals surface area contributed by atoms with E-state index in [4.69, 9.17) is 22.1 Å². The zero-order valence-electron chi connectivity index (χ0n) is 11.0. The van der Waals surface area contributed by atoms with Gasteiger partial charge in [0.05, 0.1) is 12.2 Å². The van der Waals surface area contributed by atoms with E-state index < -0.39 is 5.97 Å². The lowest BCUT2D eigenvalue weighted by Gasteiger charge is -2.20. The summed E-state index contributed by atoms with van der Waals surface area (Å²) >= 11 is 5.78. The van der Waals surface area contributed by atoms with Crippen LogP contribution >= 0.6 is 11.6 Å². The van der Waals surface area contributed by atoms with Crippen molar-refractivity contribution in [1.82, 2.24) is 4.90 Å². The summed E-state index contributed by atoms with van der Waals surface area (Å²) in [5.41, 5.74) is 6.38. The van der Waals surface area contributed by atoms with Gasteiger partial charge in [0.1, 0.15) is 6.54 Å². The summed E-state index contributed by atoms with van der Waals surface area (Å²) in [6.45, 7) is 4.08. The third-order valence-corrected chi connectivity index (χ3v) is 2.77. The number of anilines is 1. The van der Waals surface area contributed by atoms with E-state index in [1.807, 2.05) is 0 Å². The molecule has 1 aromatic rings. The first-order chi connectivity index (χ1) is 8.99. The number of nitrogens with two attached hydrogens (primary N) is 1. The molecule has 0 bridgehead atoms. The summed E-state index contributed by atoms with van der Waals surface area (Å²) in [5.74, 6) is -0.755. The molecule has 0 spiro atoms. The van der Waals surface area contributed by atoms with Gasteiger partial charge in [0.15, 0.2) is 0 Å². The standard InChI is InChI=1S/C13H17ClN2O3/c1-3-16(8-12(17)19-4-2)13(18)10-6-5-9(14)7-11(10)15/h5-7H,3-4,8,15H2,1-2H3. The molecule has 6 heteroatoms. The minimum absolute atomic E-state index is 0.0920. The number of nitrogens with zero attached hydrogens (tertiary/aromatic N) is 1. The summed E-state index contributed by atoms with van der Waals surface area (Å²) < 4.78 is 4.82. The van der Waals surface area contributed by atoms with Crippen molar-refractivity contribution in [2.45, 2.75) is 13.8 Å². The monoisotopic (exact) mass is 284 g/mol. The van der Waals surface area contributed by atoms with Crippen LogP contribution in [0.25, 0.3) is 0 Å². The van der Waals surface area contributed by atoms with E-state index in [2.05, 4.69) is 0 Å². The van der Waals surface area contributed by atoms with Crippen molar-refractivity contribution in [2.24, 2.45) is 0 Å². The van der Waals surface area contributed by atoms with Crippen LogP contribution in [0.5, 0.6) is 0 Å². The van der Waals surface area contributed by atoms with Gasteiger partial charge in [-0.3, -0.25) is 9.59 Å². The second-order valence-corrected chi connectivity index (χ2v) is 4.29. The smallest absolute Gasteiger partial charge is 0.325 e. The highest BCUT2D eigenvalue weighted by Gasteiger charge is 2.19. The number of hydrogen-bond donors (Lipinski definition) is 1. The maximum absolute atomic E-state index is 12.2. The molecule has 2 N–H and O–H groups in total. The molecule has 0 unspecified atom stereocenters. The van der Waals surface area contributed by atoms with E-state index >= 15 is 0 Å². The number of benzene rings is 1. The molecule has 0 aromatic heterocycles. The van der Waals surface area contributed by atoms with Gasteiger partial charge >= 0.3 is 5.97 Å². The lowest BCUT2D eigenvalue weighted by atomic mass is 10.1. The molecule has 0 aliphatic carbocycles. The van der Waals surface area contributed by atoms with Crippen molar-refractivity contribution in [1.29, 1.82) is 0 Å². The van der Waals surface area contributed by atoms with Crippen LogP contribution in [0.4, 0.5) is 5.69 Å². The highest BCUT2D eigenvalue weighted by atomic mass is 35.5. The molecular weight excluding hydrogens is 268 g/mol.